The third kappa shape index (κ3) is 1.48. The number of allylic oxidation sites excluding steroid dienone is 2. The molecule has 0 bridgehead atoms. The summed E-state index contributed by atoms with van der Waals surface area (Å²) >= 11 is 0. The zero-order valence-electron chi connectivity index (χ0n) is 7.94. The molecule has 2 atom stereocenters. The molecule has 0 heterocycles. The first-order valence-electron chi connectivity index (χ1n) is 5.02. The molecule has 0 amide bonds. The molecule has 76 valence electrons. The van der Waals surface area contributed by atoms with Gasteiger partial charge in [-0.25, -0.2) is 4.79 Å². The molecule has 2 N–H and O–H groups in total. The Morgan fingerprint density at radius 1 is 1.36 bits per heavy atom. The first-order valence-corrected chi connectivity index (χ1v) is 5.02. The number of rotatable bonds is 1. The van der Waals surface area contributed by atoms with Gasteiger partial charge in [-0.2, -0.15) is 0 Å². The zero-order valence-corrected chi connectivity index (χ0v) is 7.94. The lowest BCUT2D eigenvalue weighted by atomic mass is 9.76. The molecule has 3 nitrogen and oxygen atoms in total. The number of aliphatic hydroxyl groups excluding tert-OH is 1. The van der Waals surface area contributed by atoms with E-state index in [0.29, 0.717) is 0 Å². The van der Waals surface area contributed by atoms with Gasteiger partial charge in [-0.3, -0.25) is 0 Å². The molecule has 2 unspecified atom stereocenters. The topological polar surface area (TPSA) is 57.5 Å². The lowest BCUT2D eigenvalue weighted by molar-refractivity contribution is -0.134. The van der Waals surface area contributed by atoms with E-state index in [2.05, 4.69) is 0 Å². The summed E-state index contributed by atoms with van der Waals surface area (Å²) in [5, 5.41) is 18.7. The van der Waals surface area contributed by atoms with Crippen molar-refractivity contribution in [2.45, 2.75) is 31.8 Å². The van der Waals surface area contributed by atoms with Crippen molar-refractivity contribution in [3.8, 4) is 0 Å². The highest BCUT2D eigenvalue weighted by Crippen LogP contribution is 2.36. The van der Waals surface area contributed by atoms with Crippen molar-refractivity contribution in [3.63, 3.8) is 0 Å². The third-order valence-electron chi connectivity index (χ3n) is 3.13. The Hall–Kier alpha value is -1.09. The Labute approximate surface area is 82.7 Å². The van der Waals surface area contributed by atoms with E-state index in [9.17, 15) is 9.90 Å². The number of carboxylic acids is 1. The number of hydrogen-bond donors (Lipinski definition) is 2. The molecule has 2 aliphatic carbocycles. The van der Waals surface area contributed by atoms with Crippen LogP contribution in [0.5, 0.6) is 0 Å². The minimum absolute atomic E-state index is 0.0554. The van der Waals surface area contributed by atoms with E-state index in [-0.39, 0.29) is 11.5 Å². The van der Waals surface area contributed by atoms with Gasteiger partial charge < -0.3 is 10.2 Å². The van der Waals surface area contributed by atoms with E-state index in [0.717, 1.165) is 25.7 Å². The second-order valence-corrected chi connectivity index (χ2v) is 3.97. The van der Waals surface area contributed by atoms with E-state index >= 15 is 0 Å². The van der Waals surface area contributed by atoms with Crippen LogP contribution in [0.1, 0.15) is 25.7 Å². The molecule has 3 heteroatoms. The van der Waals surface area contributed by atoms with Crippen LogP contribution in [0.3, 0.4) is 0 Å². The second kappa shape index (κ2) is 3.58. The van der Waals surface area contributed by atoms with Crippen molar-refractivity contribution >= 4 is 5.97 Å². The average molecular weight is 194 g/mol. The largest absolute Gasteiger partial charge is 0.478 e. The average Bonchev–Trinajstić information content (AvgIpc) is 2.18. The molecular weight excluding hydrogens is 180 g/mol. The van der Waals surface area contributed by atoms with Gasteiger partial charge in [0.2, 0.25) is 0 Å². The first-order chi connectivity index (χ1) is 6.70. The second-order valence-electron chi connectivity index (χ2n) is 3.97. The van der Waals surface area contributed by atoms with E-state index in [1.165, 1.54) is 5.57 Å². The highest BCUT2D eigenvalue weighted by atomic mass is 16.4. The van der Waals surface area contributed by atoms with Crippen LogP contribution in [0.15, 0.2) is 23.3 Å². The van der Waals surface area contributed by atoms with Gasteiger partial charge in [-0.15, -0.1) is 0 Å². The molecule has 1 saturated carbocycles. The molecule has 0 saturated heterocycles. The Morgan fingerprint density at radius 2 is 2.14 bits per heavy atom. The van der Waals surface area contributed by atoms with Crippen molar-refractivity contribution in [1.82, 2.24) is 0 Å². The van der Waals surface area contributed by atoms with Gasteiger partial charge in [0, 0.05) is 5.92 Å². The highest BCUT2D eigenvalue weighted by molar-refractivity contribution is 5.88. The maximum Gasteiger partial charge on any atom is 0.334 e. The lowest BCUT2D eigenvalue weighted by Gasteiger charge is -2.32. The number of carbonyl (C=O) groups is 1. The molecule has 2 aliphatic rings. The molecule has 0 aliphatic heterocycles. The normalized spacial score (nSPS) is 31.5. The Balaban J connectivity index is 2.28. The number of aliphatic hydroxyl groups is 1. The molecule has 0 aromatic rings. The predicted molar refractivity (Wildman–Crippen MR) is 51.8 cm³/mol. The van der Waals surface area contributed by atoms with Crippen LogP contribution in [-0.4, -0.2) is 22.3 Å². The number of fused-ring (bicyclic) bond motifs is 1. The summed E-state index contributed by atoms with van der Waals surface area (Å²) in [5.74, 6) is -0.946. The van der Waals surface area contributed by atoms with Crippen LogP contribution < -0.4 is 0 Å². The monoisotopic (exact) mass is 194 g/mol. The maximum absolute atomic E-state index is 10.8. The SMILES string of the molecule is O=C(O)C1=CC=C2CCCCC2C1O. The van der Waals surface area contributed by atoms with Crippen molar-refractivity contribution < 1.29 is 15.0 Å². The predicted octanol–water partition coefficient (Wildman–Crippen LogP) is 1.49. The Morgan fingerprint density at radius 3 is 2.86 bits per heavy atom. The molecule has 14 heavy (non-hydrogen) atoms. The van der Waals surface area contributed by atoms with Crippen molar-refractivity contribution in [1.29, 1.82) is 0 Å². The van der Waals surface area contributed by atoms with Gasteiger partial charge in [-0.05, 0) is 25.3 Å². The van der Waals surface area contributed by atoms with Crippen molar-refractivity contribution in [3.05, 3.63) is 23.3 Å². The summed E-state index contributed by atoms with van der Waals surface area (Å²) < 4.78 is 0. The molecule has 2 rings (SSSR count). The minimum Gasteiger partial charge on any atom is -0.478 e. The summed E-state index contributed by atoms with van der Waals surface area (Å²) in [6.07, 6.45) is 6.79. The van der Waals surface area contributed by atoms with Crippen LogP contribution in [-0.2, 0) is 4.79 Å². The fourth-order valence-electron chi connectivity index (χ4n) is 2.34. The summed E-state index contributed by atoms with van der Waals surface area (Å²) in [6, 6.07) is 0. The summed E-state index contributed by atoms with van der Waals surface area (Å²) in [6.45, 7) is 0. The zero-order chi connectivity index (χ0) is 10.1. The molecular formula is C11H14O3. The summed E-state index contributed by atoms with van der Waals surface area (Å²) in [4.78, 5) is 10.8. The number of aliphatic carboxylic acids is 1. The highest BCUT2D eigenvalue weighted by Gasteiger charge is 2.33. The molecule has 0 aromatic carbocycles. The molecule has 0 spiro atoms. The van der Waals surface area contributed by atoms with E-state index in [4.69, 9.17) is 5.11 Å². The van der Waals surface area contributed by atoms with Gasteiger partial charge in [0.05, 0.1) is 11.7 Å². The summed E-state index contributed by atoms with van der Waals surface area (Å²) in [7, 11) is 0. The van der Waals surface area contributed by atoms with Gasteiger partial charge in [0.1, 0.15) is 0 Å². The van der Waals surface area contributed by atoms with Gasteiger partial charge >= 0.3 is 5.97 Å². The van der Waals surface area contributed by atoms with Gasteiger partial charge in [0.25, 0.3) is 0 Å². The first kappa shape index (κ1) is 9.46. The Bertz CT molecular complexity index is 314. The minimum atomic E-state index is -1.00. The van der Waals surface area contributed by atoms with Crippen molar-refractivity contribution in [2.24, 2.45) is 5.92 Å². The summed E-state index contributed by atoms with van der Waals surface area (Å²) in [5.41, 5.74) is 1.36. The standard InChI is InChI=1S/C11H14O3/c12-10-8-4-2-1-3-7(8)5-6-9(10)11(13)14/h5-6,8,10,12H,1-4H2,(H,13,14). The van der Waals surface area contributed by atoms with Gasteiger partial charge in [-0.1, -0.05) is 18.1 Å². The number of carboxylic acid groups (broad SMARTS) is 1. The van der Waals surface area contributed by atoms with Gasteiger partial charge in [0.15, 0.2) is 0 Å². The smallest absolute Gasteiger partial charge is 0.334 e. The van der Waals surface area contributed by atoms with Crippen LogP contribution in [0.4, 0.5) is 0 Å². The van der Waals surface area contributed by atoms with Crippen LogP contribution >= 0.6 is 0 Å². The van der Waals surface area contributed by atoms with Crippen molar-refractivity contribution in [2.75, 3.05) is 0 Å². The van der Waals surface area contributed by atoms with E-state index in [1.54, 1.807) is 6.08 Å². The van der Waals surface area contributed by atoms with E-state index in [1.807, 2.05) is 6.08 Å². The fourth-order valence-corrected chi connectivity index (χ4v) is 2.34. The van der Waals surface area contributed by atoms with Crippen LogP contribution in [0, 0.1) is 5.92 Å². The third-order valence-corrected chi connectivity index (χ3v) is 3.13. The van der Waals surface area contributed by atoms with E-state index < -0.39 is 12.1 Å². The molecule has 1 fully saturated rings. The molecule has 0 radical (unpaired) electrons. The number of hydrogen-bond acceptors (Lipinski definition) is 2. The van der Waals surface area contributed by atoms with Crippen LogP contribution in [0.2, 0.25) is 0 Å². The van der Waals surface area contributed by atoms with Crippen LogP contribution in [0.25, 0.3) is 0 Å². The fraction of sp³-hybridized carbons (Fsp3) is 0.545. The Kier molecular flexibility index (Phi) is 2.42. The molecule has 0 aromatic heterocycles. The lowest BCUT2D eigenvalue weighted by Crippen LogP contribution is -2.32. The quantitative estimate of drug-likeness (QED) is 0.664. The maximum atomic E-state index is 10.8.